The van der Waals surface area contributed by atoms with Crippen LogP contribution in [0, 0.1) is 0 Å². The van der Waals surface area contributed by atoms with E-state index in [0.29, 0.717) is 24.9 Å². The maximum Gasteiger partial charge on any atom is 0.451 e. The van der Waals surface area contributed by atoms with Gasteiger partial charge in [0.25, 0.3) is 0 Å². The number of aryl methyl sites for hydroxylation is 1. The van der Waals surface area contributed by atoms with Crippen molar-refractivity contribution < 1.29 is 18.3 Å². The minimum Gasteiger partial charge on any atom is -0.395 e. The Morgan fingerprint density at radius 3 is 2.73 bits per heavy atom. The molecule has 0 bridgehead atoms. The summed E-state index contributed by atoms with van der Waals surface area (Å²) in [5, 5.41) is 17.3. The molecule has 0 radical (unpaired) electrons. The van der Waals surface area contributed by atoms with Crippen LogP contribution in [-0.2, 0) is 25.7 Å². The van der Waals surface area contributed by atoms with Gasteiger partial charge in [0.2, 0.25) is 11.8 Å². The molecule has 0 aliphatic carbocycles. The number of likely N-dealkylation sites (N-methyl/N-ethyl adjacent to an activating group) is 1. The molecule has 0 atom stereocenters. The fourth-order valence-corrected chi connectivity index (χ4v) is 4.64. The Morgan fingerprint density at radius 2 is 2.03 bits per heavy atom. The van der Waals surface area contributed by atoms with E-state index >= 15 is 0 Å². The van der Waals surface area contributed by atoms with Gasteiger partial charge in [0, 0.05) is 31.6 Å². The van der Waals surface area contributed by atoms with E-state index in [4.69, 9.17) is 4.98 Å². The molecule has 0 saturated carbocycles. The highest BCUT2D eigenvalue weighted by molar-refractivity contribution is 7.18. The SMILES string of the molecule is CCCc1cc2c(N3CCn4c(nnc4C(F)(F)F)C3)nc(N(C)CCO)nc2s1. The summed E-state index contributed by atoms with van der Waals surface area (Å²) >= 11 is 1.59. The van der Waals surface area contributed by atoms with Gasteiger partial charge in [-0.2, -0.15) is 18.2 Å². The standard InChI is InChI=1S/C18H22F3N7OS/c1-3-4-11-9-12-14(22-17(23-15(12)30-11)26(2)7-8-29)27-5-6-28-13(10-27)24-25-16(28)18(19,20)21/h9,29H,3-8,10H2,1-2H3. The molecule has 12 heteroatoms. The summed E-state index contributed by atoms with van der Waals surface area (Å²) in [6.45, 7) is 3.09. The van der Waals surface area contributed by atoms with Gasteiger partial charge in [-0.15, -0.1) is 21.5 Å². The van der Waals surface area contributed by atoms with E-state index in [-0.39, 0.29) is 25.5 Å². The van der Waals surface area contributed by atoms with Gasteiger partial charge in [0.1, 0.15) is 10.6 Å². The number of nitrogens with zero attached hydrogens (tertiary/aromatic N) is 7. The second kappa shape index (κ2) is 7.99. The van der Waals surface area contributed by atoms with Crippen LogP contribution in [0.25, 0.3) is 10.2 Å². The van der Waals surface area contributed by atoms with Crippen LogP contribution in [0.4, 0.5) is 24.9 Å². The van der Waals surface area contributed by atoms with Gasteiger partial charge in [-0.1, -0.05) is 13.3 Å². The van der Waals surface area contributed by atoms with E-state index in [1.807, 2.05) is 4.90 Å². The van der Waals surface area contributed by atoms with Crippen LogP contribution in [-0.4, -0.2) is 56.6 Å². The average molecular weight is 441 g/mol. The van der Waals surface area contributed by atoms with E-state index in [9.17, 15) is 18.3 Å². The number of anilines is 2. The van der Waals surface area contributed by atoms with E-state index in [0.717, 1.165) is 27.6 Å². The molecule has 1 aliphatic rings. The van der Waals surface area contributed by atoms with Gasteiger partial charge in [-0.25, -0.2) is 4.98 Å². The fourth-order valence-electron chi connectivity index (χ4n) is 3.52. The zero-order chi connectivity index (χ0) is 21.5. The lowest BCUT2D eigenvalue weighted by atomic mass is 10.2. The van der Waals surface area contributed by atoms with Crippen molar-refractivity contribution in [3.8, 4) is 0 Å². The summed E-state index contributed by atoms with van der Waals surface area (Å²) in [5.41, 5.74) is 0. The minimum atomic E-state index is -4.53. The molecule has 3 aromatic rings. The first-order chi connectivity index (χ1) is 14.3. The number of rotatable bonds is 6. The lowest BCUT2D eigenvalue weighted by molar-refractivity contribution is -0.147. The molecule has 0 amide bonds. The van der Waals surface area contributed by atoms with Crippen molar-refractivity contribution in [1.82, 2.24) is 24.7 Å². The summed E-state index contributed by atoms with van der Waals surface area (Å²) in [5.74, 6) is 0.435. The molecular formula is C18H22F3N7OS. The summed E-state index contributed by atoms with van der Waals surface area (Å²) in [7, 11) is 1.80. The molecule has 162 valence electrons. The normalized spacial score (nSPS) is 14.4. The second-order valence-electron chi connectivity index (χ2n) is 7.18. The number of aromatic nitrogens is 5. The van der Waals surface area contributed by atoms with Crippen molar-refractivity contribution in [2.45, 2.75) is 39.0 Å². The number of aliphatic hydroxyl groups excluding tert-OH is 1. The van der Waals surface area contributed by atoms with E-state index < -0.39 is 12.0 Å². The molecule has 0 fully saturated rings. The van der Waals surface area contributed by atoms with Gasteiger partial charge >= 0.3 is 6.18 Å². The lowest BCUT2D eigenvalue weighted by Gasteiger charge is -2.30. The molecule has 30 heavy (non-hydrogen) atoms. The molecule has 0 aromatic carbocycles. The molecule has 3 aromatic heterocycles. The molecular weight excluding hydrogens is 419 g/mol. The van der Waals surface area contributed by atoms with E-state index in [2.05, 4.69) is 28.2 Å². The number of hydrogen-bond donors (Lipinski definition) is 1. The Labute approximate surface area is 175 Å². The highest BCUT2D eigenvalue weighted by Crippen LogP contribution is 2.35. The van der Waals surface area contributed by atoms with E-state index in [1.54, 1.807) is 23.3 Å². The number of alkyl halides is 3. The molecule has 4 heterocycles. The van der Waals surface area contributed by atoms with Crippen molar-refractivity contribution in [2.24, 2.45) is 0 Å². The molecule has 1 N–H and O–H groups in total. The third-order valence-corrected chi connectivity index (χ3v) is 6.08. The van der Waals surface area contributed by atoms with Crippen LogP contribution in [0.3, 0.4) is 0 Å². The van der Waals surface area contributed by atoms with Crippen molar-refractivity contribution in [3.05, 3.63) is 22.6 Å². The van der Waals surface area contributed by atoms with Crippen LogP contribution in [0.1, 0.15) is 29.9 Å². The van der Waals surface area contributed by atoms with Crippen LogP contribution < -0.4 is 9.80 Å². The Hall–Kier alpha value is -2.47. The molecule has 0 unspecified atom stereocenters. The van der Waals surface area contributed by atoms with Gasteiger partial charge in [0.05, 0.1) is 18.5 Å². The van der Waals surface area contributed by atoms with Gasteiger partial charge in [-0.3, -0.25) is 0 Å². The number of fused-ring (bicyclic) bond motifs is 2. The summed E-state index contributed by atoms with van der Waals surface area (Å²) in [4.78, 5) is 15.0. The second-order valence-corrected chi connectivity index (χ2v) is 8.30. The molecule has 0 saturated heterocycles. The number of hydrogen-bond acceptors (Lipinski definition) is 8. The average Bonchev–Trinajstić information content (AvgIpc) is 3.30. The smallest absolute Gasteiger partial charge is 0.395 e. The van der Waals surface area contributed by atoms with E-state index in [1.165, 1.54) is 4.88 Å². The predicted octanol–water partition coefficient (Wildman–Crippen LogP) is 2.70. The van der Waals surface area contributed by atoms with Crippen LogP contribution >= 0.6 is 11.3 Å². The number of thiophene rings is 1. The molecule has 4 rings (SSSR count). The Morgan fingerprint density at radius 1 is 1.23 bits per heavy atom. The number of aliphatic hydroxyl groups is 1. The third kappa shape index (κ3) is 3.81. The highest BCUT2D eigenvalue weighted by Gasteiger charge is 2.39. The summed E-state index contributed by atoms with van der Waals surface area (Å²) < 4.78 is 40.6. The van der Waals surface area contributed by atoms with Crippen LogP contribution in [0.2, 0.25) is 0 Å². The molecule has 1 aliphatic heterocycles. The first-order valence-electron chi connectivity index (χ1n) is 9.68. The maximum absolute atomic E-state index is 13.1. The quantitative estimate of drug-likeness (QED) is 0.630. The van der Waals surface area contributed by atoms with Gasteiger partial charge in [0.15, 0.2) is 5.82 Å². The molecule has 8 nitrogen and oxygen atoms in total. The van der Waals surface area contributed by atoms with Crippen LogP contribution in [0.15, 0.2) is 6.07 Å². The number of halogens is 3. The molecule has 0 spiro atoms. The van der Waals surface area contributed by atoms with Gasteiger partial charge in [-0.05, 0) is 12.5 Å². The minimum absolute atomic E-state index is 0.0359. The predicted molar refractivity (Wildman–Crippen MR) is 108 cm³/mol. The highest BCUT2D eigenvalue weighted by atomic mass is 32.1. The zero-order valence-electron chi connectivity index (χ0n) is 16.6. The topological polar surface area (TPSA) is 83.2 Å². The van der Waals surface area contributed by atoms with Crippen molar-refractivity contribution >= 4 is 33.3 Å². The fraction of sp³-hybridized carbons (Fsp3) is 0.556. The Balaban J connectivity index is 1.74. The van der Waals surface area contributed by atoms with Crippen molar-refractivity contribution in [3.63, 3.8) is 0 Å². The van der Waals surface area contributed by atoms with Crippen LogP contribution in [0.5, 0.6) is 0 Å². The summed E-state index contributed by atoms with van der Waals surface area (Å²) in [6.07, 6.45) is -2.61. The van der Waals surface area contributed by atoms with Gasteiger partial charge < -0.3 is 19.5 Å². The lowest BCUT2D eigenvalue weighted by Crippen LogP contribution is -2.36. The first kappa shape index (κ1) is 20.8. The Kier molecular flexibility index (Phi) is 5.53. The maximum atomic E-state index is 13.1. The monoisotopic (exact) mass is 441 g/mol. The van der Waals surface area contributed by atoms with Crippen molar-refractivity contribution in [1.29, 1.82) is 0 Å². The largest absolute Gasteiger partial charge is 0.451 e. The summed E-state index contributed by atoms with van der Waals surface area (Å²) in [6, 6.07) is 2.06. The van der Waals surface area contributed by atoms with Crippen molar-refractivity contribution in [2.75, 3.05) is 36.5 Å². The zero-order valence-corrected chi connectivity index (χ0v) is 17.5. The first-order valence-corrected chi connectivity index (χ1v) is 10.5. The Bertz CT molecular complexity index is 1050. The third-order valence-electron chi connectivity index (χ3n) is 4.99.